The first-order valence-electron chi connectivity index (χ1n) is 3.94. The summed E-state index contributed by atoms with van der Waals surface area (Å²) in [6, 6.07) is 5.31. The van der Waals surface area contributed by atoms with Gasteiger partial charge in [0.1, 0.15) is 0 Å². The summed E-state index contributed by atoms with van der Waals surface area (Å²) in [7, 11) is -3.44. The Morgan fingerprint density at radius 3 is 2.71 bits per heavy atom. The van der Waals surface area contributed by atoms with Gasteiger partial charge in [-0.1, -0.05) is 18.3 Å². The Morgan fingerprint density at radius 2 is 2.21 bits per heavy atom. The Balaban J connectivity index is 2.61. The van der Waals surface area contributed by atoms with Gasteiger partial charge in [-0.3, -0.25) is 4.98 Å². The molecule has 0 radical (unpaired) electrons. The highest BCUT2D eigenvalue weighted by Crippen LogP contribution is 2.01. The predicted molar refractivity (Wildman–Crippen MR) is 58.5 cm³/mol. The van der Waals surface area contributed by atoms with Gasteiger partial charge >= 0.3 is 0 Å². The van der Waals surface area contributed by atoms with Crippen LogP contribution in [-0.4, -0.2) is 24.0 Å². The molecule has 0 unspecified atom stereocenters. The van der Waals surface area contributed by atoms with Crippen LogP contribution < -0.4 is 5.14 Å². The van der Waals surface area contributed by atoms with Crippen molar-refractivity contribution in [3.05, 3.63) is 30.1 Å². The second-order valence-corrected chi connectivity index (χ2v) is 4.98. The first-order chi connectivity index (χ1) is 6.49. The van der Waals surface area contributed by atoms with Crippen LogP contribution in [0.5, 0.6) is 0 Å². The van der Waals surface area contributed by atoms with Gasteiger partial charge in [0.2, 0.25) is 10.0 Å². The lowest BCUT2D eigenvalue weighted by molar-refractivity contribution is 0.598. The molecule has 0 fully saturated rings. The smallest absolute Gasteiger partial charge is 0.209 e. The molecule has 0 saturated carbocycles. The average molecular weight is 230 g/mol. The molecule has 0 aliphatic heterocycles. The van der Waals surface area contributed by atoms with Crippen LogP contribution in [0.25, 0.3) is 0 Å². The van der Waals surface area contributed by atoms with Gasteiger partial charge in [0, 0.05) is 11.1 Å². The van der Waals surface area contributed by atoms with Gasteiger partial charge < -0.3 is 0 Å². The van der Waals surface area contributed by atoms with E-state index < -0.39 is 10.0 Å². The minimum Gasteiger partial charge on any atom is -0.256 e. The van der Waals surface area contributed by atoms with Crippen LogP contribution in [0.1, 0.15) is 12.1 Å². The molecule has 0 bridgehead atoms. The van der Waals surface area contributed by atoms with E-state index in [4.69, 9.17) is 17.4 Å². The summed E-state index contributed by atoms with van der Waals surface area (Å²) in [6.45, 7) is 0. The number of primary sulfonamides is 1. The number of hydrogen-bond acceptors (Lipinski definition) is 4. The summed E-state index contributed by atoms with van der Waals surface area (Å²) in [5.41, 5.74) is 0.631. The highest BCUT2D eigenvalue weighted by atomic mass is 32.2. The van der Waals surface area contributed by atoms with Gasteiger partial charge in [-0.15, -0.1) is 0 Å². The normalized spacial score (nSPS) is 11.2. The number of pyridine rings is 1. The van der Waals surface area contributed by atoms with Crippen LogP contribution >= 0.6 is 12.2 Å². The third-order valence-electron chi connectivity index (χ3n) is 1.56. The van der Waals surface area contributed by atoms with Gasteiger partial charge in [0.15, 0.2) is 0 Å². The number of nitrogens with zero attached hydrogens (tertiary/aromatic N) is 1. The third-order valence-corrected chi connectivity index (χ3v) is 2.75. The van der Waals surface area contributed by atoms with Crippen molar-refractivity contribution in [2.75, 3.05) is 5.75 Å². The molecule has 1 aromatic rings. The minimum absolute atomic E-state index is 0.137. The van der Waals surface area contributed by atoms with E-state index in [0.717, 1.165) is 0 Å². The molecule has 1 rings (SSSR count). The van der Waals surface area contributed by atoms with E-state index in [-0.39, 0.29) is 12.2 Å². The molecular weight excluding hydrogens is 220 g/mol. The quantitative estimate of drug-likeness (QED) is 0.603. The molecule has 0 spiro atoms. The highest BCUT2D eigenvalue weighted by molar-refractivity contribution is 7.89. The van der Waals surface area contributed by atoms with Crippen molar-refractivity contribution < 1.29 is 8.42 Å². The fourth-order valence-corrected chi connectivity index (χ4v) is 1.73. The molecule has 0 aromatic carbocycles. The molecule has 0 aliphatic rings. The van der Waals surface area contributed by atoms with Gasteiger partial charge in [-0.05, 0) is 18.6 Å². The van der Waals surface area contributed by atoms with Gasteiger partial charge in [-0.25, -0.2) is 13.6 Å². The van der Waals surface area contributed by atoms with E-state index in [1.165, 1.54) is 0 Å². The number of sulfonamides is 1. The van der Waals surface area contributed by atoms with Crippen molar-refractivity contribution in [1.82, 2.24) is 4.98 Å². The zero-order valence-corrected chi connectivity index (χ0v) is 9.01. The summed E-state index contributed by atoms with van der Waals surface area (Å²) in [6.07, 6.45) is 1.85. The first-order valence-corrected chi connectivity index (χ1v) is 6.06. The van der Waals surface area contributed by atoms with Crippen LogP contribution in [0.2, 0.25) is 0 Å². The number of rotatable bonds is 4. The SMILES string of the molecule is NS(=O)(=O)CCC(=S)c1ccccn1. The maximum atomic E-state index is 10.7. The Morgan fingerprint density at radius 1 is 1.50 bits per heavy atom. The molecule has 0 saturated heterocycles. The van der Waals surface area contributed by atoms with E-state index in [0.29, 0.717) is 10.6 Å². The van der Waals surface area contributed by atoms with Crippen molar-refractivity contribution in [2.24, 2.45) is 5.14 Å². The molecule has 0 atom stereocenters. The second-order valence-electron chi connectivity index (χ2n) is 2.76. The summed E-state index contributed by atoms with van der Waals surface area (Å²) in [4.78, 5) is 4.52. The summed E-state index contributed by atoms with van der Waals surface area (Å²) >= 11 is 5.01. The Kier molecular flexibility index (Phi) is 3.68. The summed E-state index contributed by atoms with van der Waals surface area (Å²) in [5.74, 6) is -0.137. The molecule has 76 valence electrons. The lowest BCUT2D eigenvalue weighted by Crippen LogP contribution is -2.18. The standard InChI is InChI=1S/C8H10N2O2S2/c9-14(11,12)6-4-8(13)7-3-1-2-5-10-7/h1-3,5H,4,6H2,(H2,9,11,12). The molecule has 4 nitrogen and oxygen atoms in total. The largest absolute Gasteiger partial charge is 0.256 e. The first kappa shape index (κ1) is 11.2. The Bertz CT molecular complexity index is 414. The van der Waals surface area contributed by atoms with E-state index >= 15 is 0 Å². The third kappa shape index (κ3) is 3.91. The van der Waals surface area contributed by atoms with Crippen molar-refractivity contribution in [3.8, 4) is 0 Å². The van der Waals surface area contributed by atoms with E-state index in [9.17, 15) is 8.42 Å². The van der Waals surface area contributed by atoms with Crippen LogP contribution in [-0.2, 0) is 10.0 Å². The molecular formula is C8H10N2O2S2. The monoisotopic (exact) mass is 230 g/mol. The molecule has 1 aromatic heterocycles. The Labute approximate surface area is 88.2 Å². The fourth-order valence-electron chi connectivity index (χ4n) is 0.891. The van der Waals surface area contributed by atoms with Gasteiger partial charge in [0.05, 0.1) is 11.4 Å². The molecule has 2 N–H and O–H groups in total. The molecule has 0 aliphatic carbocycles. The van der Waals surface area contributed by atoms with E-state index in [1.54, 1.807) is 24.4 Å². The Hall–Kier alpha value is -0.850. The summed E-state index contributed by atoms with van der Waals surface area (Å²) in [5, 5.41) is 4.85. The molecule has 14 heavy (non-hydrogen) atoms. The number of thiocarbonyl (C=S) groups is 1. The second kappa shape index (κ2) is 4.59. The number of aromatic nitrogens is 1. The van der Waals surface area contributed by atoms with Crippen molar-refractivity contribution in [3.63, 3.8) is 0 Å². The van der Waals surface area contributed by atoms with Crippen LogP contribution in [0.3, 0.4) is 0 Å². The molecule has 6 heteroatoms. The number of hydrogen-bond donors (Lipinski definition) is 1. The zero-order valence-electron chi connectivity index (χ0n) is 7.38. The summed E-state index contributed by atoms with van der Waals surface area (Å²) < 4.78 is 21.3. The topological polar surface area (TPSA) is 73.1 Å². The van der Waals surface area contributed by atoms with Crippen molar-refractivity contribution >= 4 is 27.1 Å². The van der Waals surface area contributed by atoms with Gasteiger partial charge in [0.25, 0.3) is 0 Å². The maximum Gasteiger partial charge on any atom is 0.209 e. The van der Waals surface area contributed by atoms with Crippen LogP contribution in [0.15, 0.2) is 24.4 Å². The minimum atomic E-state index is -3.44. The highest BCUT2D eigenvalue weighted by Gasteiger charge is 2.07. The lowest BCUT2D eigenvalue weighted by atomic mass is 10.2. The fraction of sp³-hybridized carbons (Fsp3) is 0.250. The van der Waals surface area contributed by atoms with Crippen LogP contribution in [0, 0.1) is 0 Å². The van der Waals surface area contributed by atoms with Gasteiger partial charge in [-0.2, -0.15) is 0 Å². The molecule has 1 heterocycles. The molecule has 0 amide bonds. The lowest BCUT2D eigenvalue weighted by Gasteiger charge is -2.01. The van der Waals surface area contributed by atoms with E-state index in [1.807, 2.05) is 0 Å². The number of nitrogens with two attached hydrogens (primary N) is 1. The van der Waals surface area contributed by atoms with E-state index in [2.05, 4.69) is 4.98 Å². The van der Waals surface area contributed by atoms with Crippen molar-refractivity contribution in [1.29, 1.82) is 0 Å². The van der Waals surface area contributed by atoms with Crippen LogP contribution in [0.4, 0.5) is 0 Å². The average Bonchev–Trinajstić information content (AvgIpc) is 2.14. The maximum absolute atomic E-state index is 10.7. The van der Waals surface area contributed by atoms with Crippen molar-refractivity contribution in [2.45, 2.75) is 6.42 Å². The predicted octanol–water partition coefficient (Wildman–Crippen LogP) is 0.478. The zero-order chi connectivity index (χ0) is 10.6.